The first kappa shape index (κ1) is 12.6. The zero-order valence-corrected chi connectivity index (χ0v) is 11.1. The number of benzene rings is 1. The summed E-state index contributed by atoms with van der Waals surface area (Å²) in [5, 5.41) is 2.82. The lowest BCUT2D eigenvalue weighted by atomic mass is 10.2. The molecule has 1 aliphatic rings. The van der Waals surface area contributed by atoms with Gasteiger partial charge in [-0.25, -0.2) is 0 Å². The van der Waals surface area contributed by atoms with Crippen molar-refractivity contribution in [3.8, 4) is 11.5 Å². The van der Waals surface area contributed by atoms with Crippen LogP contribution in [0.1, 0.15) is 22.5 Å². The molecule has 0 aliphatic carbocycles. The molecule has 0 fully saturated rings. The van der Waals surface area contributed by atoms with Crippen LogP contribution in [0.25, 0.3) is 0 Å². The number of hydrogen-bond acceptors (Lipinski definition) is 4. The van der Waals surface area contributed by atoms with Crippen molar-refractivity contribution in [1.82, 2.24) is 0 Å². The minimum atomic E-state index is -0.203. The number of rotatable bonds is 2. The Balaban J connectivity index is 1.80. The monoisotopic (exact) mass is 273 g/mol. The Labute approximate surface area is 116 Å². The van der Waals surface area contributed by atoms with Gasteiger partial charge in [-0.1, -0.05) is 0 Å². The van der Waals surface area contributed by atoms with Crippen molar-refractivity contribution >= 4 is 11.6 Å². The highest BCUT2D eigenvalue weighted by molar-refractivity contribution is 6.05. The Bertz CT molecular complexity index is 633. The van der Waals surface area contributed by atoms with Gasteiger partial charge in [0.15, 0.2) is 11.5 Å². The van der Waals surface area contributed by atoms with Gasteiger partial charge >= 0.3 is 0 Å². The van der Waals surface area contributed by atoms with Crippen LogP contribution >= 0.6 is 0 Å². The first-order valence-corrected chi connectivity index (χ1v) is 6.49. The topological polar surface area (TPSA) is 60.7 Å². The van der Waals surface area contributed by atoms with Crippen molar-refractivity contribution in [2.45, 2.75) is 13.3 Å². The van der Waals surface area contributed by atoms with Gasteiger partial charge in [0.2, 0.25) is 0 Å². The van der Waals surface area contributed by atoms with E-state index in [-0.39, 0.29) is 5.91 Å². The van der Waals surface area contributed by atoms with Crippen molar-refractivity contribution in [2.75, 3.05) is 18.5 Å². The molecule has 1 aromatic carbocycles. The van der Waals surface area contributed by atoms with Crippen LogP contribution in [-0.4, -0.2) is 19.1 Å². The summed E-state index contributed by atoms with van der Waals surface area (Å²) in [6.45, 7) is 3.01. The molecule has 1 aromatic heterocycles. The smallest absolute Gasteiger partial charge is 0.259 e. The zero-order chi connectivity index (χ0) is 13.9. The molecule has 3 rings (SSSR count). The van der Waals surface area contributed by atoms with Crippen molar-refractivity contribution in [1.29, 1.82) is 0 Å². The van der Waals surface area contributed by atoms with Crippen molar-refractivity contribution in [3.05, 3.63) is 41.9 Å². The number of anilines is 1. The average Bonchev–Trinajstić information content (AvgIpc) is 2.73. The third-order valence-corrected chi connectivity index (χ3v) is 3.11. The highest BCUT2D eigenvalue weighted by atomic mass is 16.5. The summed E-state index contributed by atoms with van der Waals surface area (Å²) in [4.78, 5) is 12.1. The maximum atomic E-state index is 12.1. The quantitative estimate of drug-likeness (QED) is 0.913. The Morgan fingerprint density at radius 2 is 1.95 bits per heavy atom. The maximum Gasteiger partial charge on any atom is 0.259 e. The first-order valence-electron chi connectivity index (χ1n) is 6.49. The number of aryl methyl sites for hydroxylation is 1. The highest BCUT2D eigenvalue weighted by Crippen LogP contribution is 2.32. The van der Waals surface area contributed by atoms with Crippen molar-refractivity contribution < 1.29 is 18.7 Å². The van der Waals surface area contributed by atoms with E-state index in [1.165, 1.54) is 6.26 Å². The Kier molecular flexibility index (Phi) is 3.33. The van der Waals surface area contributed by atoms with Crippen LogP contribution in [0, 0.1) is 6.92 Å². The molecular formula is C15H15NO4. The predicted molar refractivity (Wildman–Crippen MR) is 73.4 cm³/mol. The lowest BCUT2D eigenvalue weighted by Gasteiger charge is -2.10. The lowest BCUT2D eigenvalue weighted by molar-refractivity contribution is 0.102. The molecule has 2 aromatic rings. The first-order chi connectivity index (χ1) is 9.74. The highest BCUT2D eigenvalue weighted by Gasteiger charge is 2.14. The van der Waals surface area contributed by atoms with Crippen LogP contribution < -0.4 is 14.8 Å². The molecule has 1 aliphatic heterocycles. The second-order valence-corrected chi connectivity index (χ2v) is 4.56. The van der Waals surface area contributed by atoms with Gasteiger partial charge in [-0.2, -0.15) is 0 Å². The number of amides is 1. The molecule has 20 heavy (non-hydrogen) atoms. The zero-order valence-electron chi connectivity index (χ0n) is 11.1. The summed E-state index contributed by atoms with van der Waals surface area (Å²) in [6, 6.07) is 7.01. The second-order valence-electron chi connectivity index (χ2n) is 4.56. The van der Waals surface area contributed by atoms with Crippen LogP contribution in [0.15, 0.2) is 34.9 Å². The molecule has 1 N–H and O–H groups in total. The van der Waals surface area contributed by atoms with Crippen LogP contribution in [0.5, 0.6) is 11.5 Å². The Morgan fingerprint density at radius 3 is 2.70 bits per heavy atom. The van der Waals surface area contributed by atoms with Gasteiger partial charge in [-0.3, -0.25) is 4.79 Å². The van der Waals surface area contributed by atoms with Gasteiger partial charge in [0.25, 0.3) is 5.91 Å². The van der Waals surface area contributed by atoms with Gasteiger partial charge in [-0.15, -0.1) is 0 Å². The third-order valence-electron chi connectivity index (χ3n) is 3.11. The molecule has 5 heteroatoms. The maximum absolute atomic E-state index is 12.1. The van der Waals surface area contributed by atoms with E-state index in [9.17, 15) is 4.79 Å². The fraction of sp³-hybridized carbons (Fsp3) is 0.267. The molecule has 1 amide bonds. The standard InChI is InChI=1S/C15H15NO4/c1-10-12(5-8-18-10)15(17)16-11-3-4-13-14(9-11)20-7-2-6-19-13/h3-5,8-9H,2,6-7H2,1H3,(H,16,17). The number of furan rings is 1. The van der Waals surface area contributed by atoms with E-state index in [1.807, 2.05) is 0 Å². The fourth-order valence-corrected chi connectivity index (χ4v) is 2.06. The molecule has 0 spiro atoms. The summed E-state index contributed by atoms with van der Waals surface area (Å²) in [6.07, 6.45) is 2.35. The van der Waals surface area contributed by atoms with Gasteiger partial charge in [-0.05, 0) is 25.1 Å². The number of hydrogen-bond donors (Lipinski definition) is 1. The van der Waals surface area contributed by atoms with E-state index in [0.717, 1.165) is 6.42 Å². The van der Waals surface area contributed by atoms with Gasteiger partial charge in [0, 0.05) is 18.2 Å². The van der Waals surface area contributed by atoms with Gasteiger partial charge < -0.3 is 19.2 Å². The molecule has 0 bridgehead atoms. The average molecular weight is 273 g/mol. The molecule has 2 heterocycles. The van der Waals surface area contributed by atoms with E-state index in [0.29, 0.717) is 41.7 Å². The van der Waals surface area contributed by atoms with Crippen LogP contribution in [0.4, 0.5) is 5.69 Å². The molecule has 0 saturated heterocycles. The molecule has 0 saturated carbocycles. The van der Waals surface area contributed by atoms with Crippen molar-refractivity contribution in [3.63, 3.8) is 0 Å². The van der Waals surface area contributed by atoms with Gasteiger partial charge in [0.1, 0.15) is 5.76 Å². The minimum Gasteiger partial charge on any atom is -0.490 e. The number of fused-ring (bicyclic) bond motifs is 1. The largest absolute Gasteiger partial charge is 0.490 e. The van der Waals surface area contributed by atoms with E-state index >= 15 is 0 Å². The normalized spacial score (nSPS) is 13.7. The van der Waals surface area contributed by atoms with Gasteiger partial charge in [0.05, 0.1) is 25.0 Å². The Morgan fingerprint density at radius 1 is 1.15 bits per heavy atom. The van der Waals surface area contributed by atoms with Crippen LogP contribution in [0.2, 0.25) is 0 Å². The lowest BCUT2D eigenvalue weighted by Crippen LogP contribution is -2.12. The number of ether oxygens (including phenoxy) is 2. The summed E-state index contributed by atoms with van der Waals surface area (Å²) in [7, 11) is 0. The van der Waals surface area contributed by atoms with Crippen molar-refractivity contribution in [2.24, 2.45) is 0 Å². The van der Waals surface area contributed by atoms with Crippen LogP contribution in [0.3, 0.4) is 0 Å². The fourth-order valence-electron chi connectivity index (χ4n) is 2.06. The van der Waals surface area contributed by atoms with E-state index in [1.54, 1.807) is 31.2 Å². The van der Waals surface area contributed by atoms with E-state index in [2.05, 4.69) is 5.32 Å². The minimum absolute atomic E-state index is 0.203. The molecule has 104 valence electrons. The SMILES string of the molecule is Cc1occc1C(=O)Nc1ccc2c(c1)OCCCO2. The molecule has 0 radical (unpaired) electrons. The van der Waals surface area contributed by atoms with E-state index in [4.69, 9.17) is 13.9 Å². The third kappa shape index (κ3) is 2.47. The summed E-state index contributed by atoms with van der Waals surface area (Å²) in [5.41, 5.74) is 1.19. The molecular weight excluding hydrogens is 258 g/mol. The Hall–Kier alpha value is -2.43. The summed E-state index contributed by atoms with van der Waals surface area (Å²) in [5.74, 6) is 1.76. The number of carbonyl (C=O) groups is 1. The van der Waals surface area contributed by atoms with Crippen LogP contribution in [-0.2, 0) is 0 Å². The second kappa shape index (κ2) is 5.28. The number of carbonyl (C=O) groups excluding carboxylic acids is 1. The molecule has 5 nitrogen and oxygen atoms in total. The molecule has 0 atom stereocenters. The number of nitrogens with one attached hydrogen (secondary N) is 1. The summed E-state index contributed by atoms with van der Waals surface area (Å²) >= 11 is 0. The predicted octanol–water partition coefficient (Wildman–Crippen LogP) is 3.00. The summed E-state index contributed by atoms with van der Waals surface area (Å²) < 4.78 is 16.3. The molecule has 0 unspecified atom stereocenters. The van der Waals surface area contributed by atoms with E-state index < -0.39 is 0 Å².